The molecular weight excluding hydrogens is 178 g/mol. The van der Waals surface area contributed by atoms with Crippen LogP contribution in [0.2, 0.25) is 0 Å². The molecule has 1 aliphatic heterocycles. The number of methoxy groups -OCH3 is 1. The summed E-state index contributed by atoms with van der Waals surface area (Å²) in [5.41, 5.74) is 5.33. The van der Waals surface area contributed by atoms with Gasteiger partial charge < -0.3 is 10.5 Å². The van der Waals surface area contributed by atoms with Crippen molar-refractivity contribution in [2.45, 2.75) is 18.4 Å². The van der Waals surface area contributed by atoms with Crippen molar-refractivity contribution in [2.75, 3.05) is 25.2 Å². The minimum absolute atomic E-state index is 0.114. The maximum absolute atomic E-state index is 11.1. The van der Waals surface area contributed by atoms with Crippen LogP contribution < -0.4 is 5.73 Å². The minimum atomic E-state index is -2.86. The number of nitrogens with two attached hydrogens (primary N) is 1. The van der Waals surface area contributed by atoms with Crippen molar-refractivity contribution in [3.63, 3.8) is 0 Å². The highest BCUT2D eigenvalue weighted by Crippen LogP contribution is 2.23. The van der Waals surface area contributed by atoms with Crippen LogP contribution in [-0.4, -0.2) is 39.2 Å². The van der Waals surface area contributed by atoms with Crippen molar-refractivity contribution in [3.05, 3.63) is 0 Å². The normalized spacial score (nSPS) is 33.8. The first kappa shape index (κ1) is 9.95. The third kappa shape index (κ3) is 2.43. The SMILES string of the molecule is COCCC1(N)CCS(=O)(=O)C1. The van der Waals surface area contributed by atoms with Crippen LogP contribution in [0.4, 0.5) is 0 Å². The van der Waals surface area contributed by atoms with Gasteiger partial charge in [0, 0.05) is 19.3 Å². The number of sulfone groups is 1. The molecule has 1 atom stereocenters. The summed E-state index contributed by atoms with van der Waals surface area (Å²) in [6.45, 7) is 0.534. The molecule has 0 aromatic heterocycles. The quantitative estimate of drug-likeness (QED) is 0.658. The Morgan fingerprint density at radius 2 is 2.25 bits per heavy atom. The van der Waals surface area contributed by atoms with E-state index in [1.165, 1.54) is 0 Å². The summed E-state index contributed by atoms with van der Waals surface area (Å²) in [4.78, 5) is 0. The maximum atomic E-state index is 11.1. The molecule has 2 N–H and O–H groups in total. The zero-order valence-electron chi connectivity index (χ0n) is 7.25. The van der Waals surface area contributed by atoms with Gasteiger partial charge >= 0.3 is 0 Å². The van der Waals surface area contributed by atoms with Gasteiger partial charge in [0.2, 0.25) is 0 Å². The smallest absolute Gasteiger partial charge is 0.152 e. The van der Waals surface area contributed by atoms with E-state index in [1.54, 1.807) is 7.11 Å². The first-order valence-electron chi connectivity index (χ1n) is 3.96. The number of hydrogen-bond donors (Lipinski definition) is 1. The van der Waals surface area contributed by atoms with Crippen LogP contribution in [-0.2, 0) is 14.6 Å². The number of rotatable bonds is 3. The van der Waals surface area contributed by atoms with Gasteiger partial charge in [0.05, 0.1) is 11.5 Å². The Bertz CT molecular complexity index is 249. The molecule has 0 saturated carbocycles. The molecule has 1 fully saturated rings. The number of ether oxygens (including phenoxy) is 1. The molecule has 0 aliphatic carbocycles. The van der Waals surface area contributed by atoms with Crippen molar-refractivity contribution in [1.82, 2.24) is 0 Å². The summed E-state index contributed by atoms with van der Waals surface area (Å²) >= 11 is 0. The van der Waals surface area contributed by atoms with Gasteiger partial charge in [-0.15, -0.1) is 0 Å². The van der Waals surface area contributed by atoms with Crippen LogP contribution in [0.3, 0.4) is 0 Å². The average Bonchev–Trinajstić information content (AvgIpc) is 2.23. The summed E-state index contributed by atoms with van der Waals surface area (Å²) in [5.74, 6) is 0.344. The van der Waals surface area contributed by atoms with Gasteiger partial charge in [-0.2, -0.15) is 0 Å². The predicted octanol–water partition coefficient (Wildman–Crippen LogP) is -0.461. The van der Waals surface area contributed by atoms with Gasteiger partial charge in [-0.05, 0) is 12.8 Å². The Morgan fingerprint density at radius 3 is 2.67 bits per heavy atom. The van der Waals surface area contributed by atoms with Crippen LogP contribution in [0.1, 0.15) is 12.8 Å². The zero-order chi connectivity index (χ0) is 9.24. The monoisotopic (exact) mass is 193 g/mol. The molecule has 0 bridgehead atoms. The van der Waals surface area contributed by atoms with E-state index < -0.39 is 15.4 Å². The third-order valence-corrected chi connectivity index (χ3v) is 4.06. The lowest BCUT2D eigenvalue weighted by atomic mass is 9.97. The highest BCUT2D eigenvalue weighted by atomic mass is 32.2. The second-order valence-corrected chi connectivity index (χ2v) is 5.63. The largest absolute Gasteiger partial charge is 0.385 e. The van der Waals surface area contributed by atoms with Crippen LogP contribution in [0.15, 0.2) is 0 Å². The van der Waals surface area contributed by atoms with E-state index in [-0.39, 0.29) is 11.5 Å². The summed E-state index contributed by atoms with van der Waals surface area (Å²) in [7, 11) is -1.27. The molecule has 1 rings (SSSR count). The van der Waals surface area contributed by atoms with E-state index in [2.05, 4.69) is 0 Å². The Hall–Kier alpha value is -0.130. The predicted molar refractivity (Wildman–Crippen MR) is 46.7 cm³/mol. The molecule has 0 aromatic carbocycles. The average molecular weight is 193 g/mol. The van der Waals surface area contributed by atoms with Crippen molar-refractivity contribution in [2.24, 2.45) is 5.73 Å². The lowest BCUT2D eigenvalue weighted by Crippen LogP contribution is -2.41. The van der Waals surface area contributed by atoms with Gasteiger partial charge in [-0.25, -0.2) is 8.42 Å². The van der Waals surface area contributed by atoms with Gasteiger partial charge in [-0.3, -0.25) is 0 Å². The van der Waals surface area contributed by atoms with Crippen molar-refractivity contribution >= 4 is 9.84 Å². The van der Waals surface area contributed by atoms with Crippen molar-refractivity contribution in [3.8, 4) is 0 Å². The van der Waals surface area contributed by atoms with E-state index in [9.17, 15) is 8.42 Å². The summed E-state index contributed by atoms with van der Waals surface area (Å²) < 4.78 is 27.0. The Kier molecular flexibility index (Phi) is 2.75. The molecule has 1 heterocycles. The van der Waals surface area contributed by atoms with E-state index in [0.717, 1.165) is 0 Å². The highest BCUT2D eigenvalue weighted by molar-refractivity contribution is 7.91. The summed E-state index contributed by atoms with van der Waals surface area (Å²) in [6.07, 6.45) is 1.20. The summed E-state index contributed by atoms with van der Waals surface area (Å²) in [5, 5.41) is 0. The molecule has 12 heavy (non-hydrogen) atoms. The molecule has 0 amide bonds. The Balaban J connectivity index is 2.53. The van der Waals surface area contributed by atoms with Gasteiger partial charge in [0.25, 0.3) is 0 Å². The molecule has 72 valence electrons. The first-order chi connectivity index (χ1) is 5.47. The first-order valence-corrected chi connectivity index (χ1v) is 5.78. The standard InChI is InChI=1S/C7H15NO3S/c1-11-4-2-7(8)3-5-12(9,10)6-7/h2-6,8H2,1H3. The minimum Gasteiger partial charge on any atom is -0.385 e. The van der Waals surface area contributed by atoms with Crippen molar-refractivity contribution in [1.29, 1.82) is 0 Å². The maximum Gasteiger partial charge on any atom is 0.152 e. The molecule has 1 aliphatic rings. The molecule has 5 heteroatoms. The zero-order valence-corrected chi connectivity index (χ0v) is 8.06. The fourth-order valence-corrected chi connectivity index (χ4v) is 3.47. The Morgan fingerprint density at radius 1 is 1.58 bits per heavy atom. The fraction of sp³-hybridized carbons (Fsp3) is 1.00. The molecule has 0 radical (unpaired) electrons. The van der Waals surface area contributed by atoms with E-state index in [0.29, 0.717) is 19.4 Å². The topological polar surface area (TPSA) is 69.4 Å². The van der Waals surface area contributed by atoms with Crippen molar-refractivity contribution < 1.29 is 13.2 Å². The molecule has 0 aromatic rings. The Labute approximate surface area is 73.0 Å². The van der Waals surface area contributed by atoms with E-state index in [4.69, 9.17) is 10.5 Å². The van der Waals surface area contributed by atoms with E-state index >= 15 is 0 Å². The van der Waals surface area contributed by atoms with Gasteiger partial charge in [0.1, 0.15) is 0 Å². The third-order valence-electron chi connectivity index (χ3n) is 2.22. The van der Waals surface area contributed by atoms with Crippen LogP contribution in [0, 0.1) is 0 Å². The number of hydrogen-bond acceptors (Lipinski definition) is 4. The fourth-order valence-electron chi connectivity index (χ4n) is 1.44. The van der Waals surface area contributed by atoms with Crippen LogP contribution in [0.25, 0.3) is 0 Å². The second-order valence-electron chi connectivity index (χ2n) is 3.45. The lowest BCUT2D eigenvalue weighted by Gasteiger charge is -2.20. The molecule has 1 saturated heterocycles. The molecule has 0 spiro atoms. The molecule has 4 nitrogen and oxygen atoms in total. The molecular formula is C7H15NO3S. The highest BCUT2D eigenvalue weighted by Gasteiger charge is 2.38. The van der Waals surface area contributed by atoms with Crippen LogP contribution >= 0.6 is 0 Å². The molecule has 1 unspecified atom stereocenters. The van der Waals surface area contributed by atoms with Gasteiger partial charge in [-0.1, -0.05) is 0 Å². The summed E-state index contributed by atoms with van der Waals surface area (Å²) in [6, 6.07) is 0. The van der Waals surface area contributed by atoms with Crippen LogP contribution in [0.5, 0.6) is 0 Å². The second kappa shape index (κ2) is 3.32. The van der Waals surface area contributed by atoms with Gasteiger partial charge in [0.15, 0.2) is 9.84 Å². The lowest BCUT2D eigenvalue weighted by molar-refractivity contribution is 0.173. The van der Waals surface area contributed by atoms with E-state index in [1.807, 2.05) is 0 Å².